The summed E-state index contributed by atoms with van der Waals surface area (Å²) in [4.78, 5) is 27.0. The molecule has 0 radical (unpaired) electrons. The number of hydrogen-bond acceptors (Lipinski definition) is 8. The molecule has 1 N–H and O–H groups in total. The van der Waals surface area contributed by atoms with E-state index in [9.17, 15) is 18.0 Å². The summed E-state index contributed by atoms with van der Waals surface area (Å²) in [5.41, 5.74) is -0.674. The molecule has 0 aromatic rings. The summed E-state index contributed by atoms with van der Waals surface area (Å²) in [7, 11) is -3.65. The van der Waals surface area contributed by atoms with Crippen LogP contribution in [0.4, 0.5) is 0 Å². The first-order valence-electron chi connectivity index (χ1n) is 9.85. The lowest BCUT2D eigenvalue weighted by molar-refractivity contribution is -0.168. The number of morpholine rings is 1. The van der Waals surface area contributed by atoms with E-state index in [1.807, 2.05) is 11.8 Å². The second-order valence-electron chi connectivity index (χ2n) is 8.34. The van der Waals surface area contributed by atoms with Gasteiger partial charge in [0.05, 0.1) is 37.0 Å². The maximum atomic E-state index is 12.7. The van der Waals surface area contributed by atoms with E-state index in [0.717, 1.165) is 0 Å². The number of nitrogens with one attached hydrogen (secondary N) is 1. The van der Waals surface area contributed by atoms with E-state index in [1.165, 1.54) is 0 Å². The summed E-state index contributed by atoms with van der Waals surface area (Å²) >= 11 is 0. The van der Waals surface area contributed by atoms with Crippen molar-refractivity contribution < 1.29 is 32.2 Å². The lowest BCUT2D eigenvalue weighted by atomic mass is 9.83. The van der Waals surface area contributed by atoms with Gasteiger partial charge in [-0.1, -0.05) is 6.92 Å². The van der Waals surface area contributed by atoms with Gasteiger partial charge in [-0.2, -0.15) is 0 Å². The van der Waals surface area contributed by atoms with Gasteiger partial charge in [0.15, 0.2) is 0 Å². The summed E-state index contributed by atoms with van der Waals surface area (Å²) < 4.78 is 43.9. The normalized spacial score (nSPS) is 32.7. The Hall–Kier alpha value is -1.23. The molecule has 1 saturated carbocycles. The Morgan fingerprint density at radius 2 is 1.89 bits per heavy atom. The molecular weight excluding hydrogens is 388 g/mol. The predicted molar refractivity (Wildman–Crippen MR) is 100.0 cm³/mol. The highest BCUT2D eigenvalue weighted by Crippen LogP contribution is 2.38. The summed E-state index contributed by atoms with van der Waals surface area (Å²) in [6.07, 6.45) is 0.324. The molecule has 3 rings (SSSR count). The van der Waals surface area contributed by atoms with Crippen molar-refractivity contribution in [3.8, 4) is 0 Å². The van der Waals surface area contributed by atoms with E-state index in [0.29, 0.717) is 32.7 Å². The lowest BCUT2D eigenvalue weighted by Crippen LogP contribution is -2.47. The Bertz CT molecular complexity index is 703. The van der Waals surface area contributed by atoms with Gasteiger partial charge in [0.25, 0.3) is 0 Å². The number of carbonyl (C=O) groups is 2. The fourth-order valence-corrected chi connectivity index (χ4v) is 5.80. The Morgan fingerprint density at radius 1 is 1.21 bits per heavy atom. The van der Waals surface area contributed by atoms with E-state index >= 15 is 0 Å². The maximum Gasteiger partial charge on any atom is 0.320 e. The molecule has 0 spiro atoms. The first kappa shape index (κ1) is 21.5. The topological polar surface area (TPSA) is 111 Å². The van der Waals surface area contributed by atoms with Gasteiger partial charge in [0.1, 0.15) is 11.7 Å². The van der Waals surface area contributed by atoms with Crippen LogP contribution in [-0.4, -0.2) is 81.1 Å². The Balaban J connectivity index is 1.67. The molecule has 9 nitrogen and oxygen atoms in total. The molecule has 0 amide bonds. The highest BCUT2D eigenvalue weighted by molar-refractivity contribution is 7.90. The molecular formula is C18H30N2O7S. The predicted octanol–water partition coefficient (Wildman–Crippen LogP) is 0.0424. The zero-order valence-electron chi connectivity index (χ0n) is 16.7. The van der Waals surface area contributed by atoms with Crippen LogP contribution in [0.1, 0.15) is 40.0 Å². The second-order valence-corrected chi connectivity index (χ2v) is 10.3. The first-order chi connectivity index (χ1) is 13.1. The average molecular weight is 419 g/mol. The van der Waals surface area contributed by atoms with Gasteiger partial charge in [0.2, 0.25) is 10.0 Å². The number of ether oxygens (including phenoxy) is 3. The molecule has 2 heterocycles. The van der Waals surface area contributed by atoms with Crippen LogP contribution in [0.25, 0.3) is 0 Å². The third kappa shape index (κ3) is 4.84. The molecule has 4 atom stereocenters. The van der Waals surface area contributed by atoms with Crippen LogP contribution >= 0.6 is 0 Å². The molecule has 3 aliphatic rings. The third-order valence-corrected chi connectivity index (χ3v) is 7.80. The molecule has 160 valence electrons. The summed E-state index contributed by atoms with van der Waals surface area (Å²) in [6, 6.07) is -0.494. The van der Waals surface area contributed by atoms with Gasteiger partial charge in [-0.3, -0.25) is 14.5 Å². The van der Waals surface area contributed by atoms with Crippen LogP contribution in [0, 0.1) is 5.92 Å². The Morgan fingerprint density at radius 3 is 2.54 bits per heavy atom. The number of rotatable bonds is 6. The lowest BCUT2D eigenvalue weighted by Gasteiger charge is -2.34. The van der Waals surface area contributed by atoms with Gasteiger partial charge in [-0.15, -0.1) is 0 Å². The van der Waals surface area contributed by atoms with E-state index in [1.54, 1.807) is 13.8 Å². The third-order valence-electron chi connectivity index (χ3n) is 5.85. The van der Waals surface area contributed by atoms with Crippen molar-refractivity contribution in [3.05, 3.63) is 0 Å². The van der Waals surface area contributed by atoms with Gasteiger partial charge in [-0.25, -0.2) is 13.1 Å². The van der Waals surface area contributed by atoms with E-state index in [2.05, 4.69) is 4.72 Å². The standard InChI is InChI=1S/C18H30N2O7S/c1-4-18(2,3)27-17(22)12-9-14(13-10-15(12)28(23,24)19-13)26-16(21)11-20-5-7-25-8-6-20/h12-15,19H,4-11H2,1-3H3. The number of carbonyl (C=O) groups excluding carboxylic acids is 2. The molecule has 3 fully saturated rings. The highest BCUT2D eigenvalue weighted by Gasteiger charge is 2.55. The second kappa shape index (κ2) is 8.25. The maximum absolute atomic E-state index is 12.7. The SMILES string of the molecule is CCC(C)(C)OC(=O)C1CC(OC(=O)CN2CCOCC2)C2CC1S(=O)(=O)N2. The van der Waals surface area contributed by atoms with Crippen molar-refractivity contribution in [2.24, 2.45) is 5.92 Å². The number of esters is 2. The van der Waals surface area contributed by atoms with Crippen molar-refractivity contribution >= 4 is 22.0 Å². The molecule has 0 aromatic heterocycles. The van der Waals surface area contributed by atoms with Crippen molar-refractivity contribution in [2.75, 3.05) is 32.8 Å². The molecule has 2 saturated heterocycles. The van der Waals surface area contributed by atoms with E-state index < -0.39 is 50.9 Å². The van der Waals surface area contributed by atoms with Crippen molar-refractivity contribution in [1.82, 2.24) is 9.62 Å². The van der Waals surface area contributed by atoms with Crippen LogP contribution in [0.2, 0.25) is 0 Å². The highest BCUT2D eigenvalue weighted by atomic mass is 32.2. The van der Waals surface area contributed by atoms with Crippen molar-refractivity contribution in [3.63, 3.8) is 0 Å². The zero-order chi connectivity index (χ0) is 20.5. The minimum Gasteiger partial charge on any atom is -0.460 e. The van der Waals surface area contributed by atoms with Crippen molar-refractivity contribution in [2.45, 2.75) is 63.0 Å². The summed E-state index contributed by atoms with van der Waals surface area (Å²) in [5, 5.41) is -0.841. The first-order valence-corrected chi connectivity index (χ1v) is 11.4. The molecule has 10 heteroatoms. The monoisotopic (exact) mass is 418 g/mol. The molecule has 28 heavy (non-hydrogen) atoms. The van der Waals surface area contributed by atoms with Gasteiger partial charge >= 0.3 is 11.9 Å². The largest absolute Gasteiger partial charge is 0.460 e. The van der Waals surface area contributed by atoms with Crippen LogP contribution in [0.5, 0.6) is 0 Å². The van der Waals surface area contributed by atoms with E-state index in [4.69, 9.17) is 14.2 Å². The minimum absolute atomic E-state index is 0.126. The van der Waals surface area contributed by atoms with E-state index in [-0.39, 0.29) is 19.4 Å². The number of fused-ring (bicyclic) bond motifs is 2. The van der Waals surface area contributed by atoms with Crippen LogP contribution in [-0.2, 0) is 33.8 Å². The fraction of sp³-hybridized carbons (Fsp3) is 0.889. The minimum atomic E-state index is -3.65. The number of sulfonamides is 1. The van der Waals surface area contributed by atoms with Crippen LogP contribution in [0.3, 0.4) is 0 Å². The molecule has 1 aliphatic carbocycles. The molecule has 4 unspecified atom stereocenters. The molecule has 2 aliphatic heterocycles. The number of nitrogens with zero attached hydrogens (tertiary/aromatic N) is 1. The van der Waals surface area contributed by atoms with Gasteiger partial charge < -0.3 is 14.2 Å². The van der Waals surface area contributed by atoms with Crippen LogP contribution < -0.4 is 4.72 Å². The number of hydrogen-bond donors (Lipinski definition) is 1. The average Bonchev–Trinajstić information content (AvgIpc) is 2.89. The Labute approximate surface area is 166 Å². The summed E-state index contributed by atoms with van der Waals surface area (Å²) in [5.74, 6) is -1.81. The fourth-order valence-electron chi connectivity index (χ4n) is 3.84. The van der Waals surface area contributed by atoms with Crippen LogP contribution in [0.15, 0.2) is 0 Å². The summed E-state index contributed by atoms with van der Waals surface area (Å²) in [6.45, 7) is 8.05. The quantitative estimate of drug-likeness (QED) is 0.602. The Kier molecular flexibility index (Phi) is 6.33. The molecule has 0 aromatic carbocycles. The zero-order valence-corrected chi connectivity index (χ0v) is 17.5. The van der Waals surface area contributed by atoms with Gasteiger partial charge in [0, 0.05) is 19.5 Å². The van der Waals surface area contributed by atoms with Gasteiger partial charge in [-0.05, 0) is 26.7 Å². The smallest absolute Gasteiger partial charge is 0.320 e. The van der Waals surface area contributed by atoms with Crippen molar-refractivity contribution in [1.29, 1.82) is 0 Å². The molecule has 2 bridgehead atoms.